The average molecular weight is 241 g/mol. The summed E-state index contributed by atoms with van der Waals surface area (Å²) < 4.78 is 5.33. The zero-order valence-electron chi connectivity index (χ0n) is 10.3. The summed E-state index contributed by atoms with van der Waals surface area (Å²) in [6.07, 6.45) is 4.51. The first-order valence-electron chi connectivity index (χ1n) is 6.21. The van der Waals surface area contributed by atoms with Crippen LogP contribution < -0.4 is 5.32 Å². The van der Waals surface area contributed by atoms with E-state index in [0.717, 1.165) is 35.9 Å². The van der Waals surface area contributed by atoms with Gasteiger partial charge in [-0.15, -0.1) is 0 Å². The molecule has 18 heavy (non-hydrogen) atoms. The van der Waals surface area contributed by atoms with Gasteiger partial charge in [-0.05, 0) is 37.6 Å². The van der Waals surface area contributed by atoms with E-state index in [1.807, 2.05) is 25.2 Å². The average Bonchev–Trinajstić information content (AvgIpc) is 2.80. The van der Waals surface area contributed by atoms with E-state index in [-0.39, 0.29) is 11.5 Å². The number of oxazole rings is 1. The minimum atomic E-state index is -0.261. The zero-order valence-corrected chi connectivity index (χ0v) is 10.3. The van der Waals surface area contributed by atoms with E-state index < -0.39 is 0 Å². The van der Waals surface area contributed by atoms with Gasteiger partial charge in [0.25, 0.3) is 0 Å². The van der Waals surface area contributed by atoms with Gasteiger partial charge in [-0.25, -0.2) is 4.98 Å². The molecular formula is C14H15N3O. The number of nitrogens with zero attached hydrogens (tertiary/aromatic N) is 2. The highest BCUT2D eigenvalue weighted by Gasteiger charge is 2.44. The maximum Gasteiger partial charge on any atom is 0.181 e. The predicted molar refractivity (Wildman–Crippen MR) is 67.7 cm³/mol. The van der Waals surface area contributed by atoms with Crippen LogP contribution in [-0.2, 0) is 0 Å². The molecule has 1 aliphatic rings. The Hall–Kier alpha value is -1.86. The highest BCUT2D eigenvalue weighted by atomic mass is 16.3. The number of rotatable bonds is 3. The molecule has 0 amide bonds. The fraction of sp³-hybridized carbons (Fsp3) is 0.429. The van der Waals surface area contributed by atoms with Gasteiger partial charge in [0.1, 0.15) is 5.52 Å². The van der Waals surface area contributed by atoms with Gasteiger partial charge in [0.05, 0.1) is 17.5 Å². The molecule has 0 bridgehead atoms. The van der Waals surface area contributed by atoms with Gasteiger partial charge in [-0.3, -0.25) is 0 Å². The number of hydrogen-bond donors (Lipinski definition) is 1. The number of nitriles is 1. The molecule has 1 aromatic carbocycles. The summed E-state index contributed by atoms with van der Waals surface area (Å²) in [5.41, 5.74) is 2.47. The van der Waals surface area contributed by atoms with Gasteiger partial charge in [-0.2, -0.15) is 5.26 Å². The first-order valence-corrected chi connectivity index (χ1v) is 6.21. The normalized spacial score (nSPS) is 19.1. The molecule has 1 N–H and O–H groups in total. The molecule has 1 unspecified atom stereocenters. The molecule has 0 radical (unpaired) electrons. The van der Waals surface area contributed by atoms with Crippen LogP contribution in [0.25, 0.3) is 11.1 Å². The third-order valence-corrected chi connectivity index (χ3v) is 4.00. The van der Waals surface area contributed by atoms with Crippen molar-refractivity contribution in [2.24, 2.45) is 5.41 Å². The maximum atomic E-state index is 9.45. The Balaban J connectivity index is 2.03. The Bertz CT molecular complexity index is 607. The lowest BCUT2D eigenvalue weighted by atomic mass is 9.63. The Morgan fingerprint density at radius 3 is 2.94 bits per heavy atom. The smallest absolute Gasteiger partial charge is 0.181 e. The number of aromatic nitrogens is 1. The van der Waals surface area contributed by atoms with Crippen LogP contribution in [0.2, 0.25) is 0 Å². The number of nitrogens with one attached hydrogen (secondary N) is 1. The third kappa shape index (κ3) is 1.52. The van der Waals surface area contributed by atoms with Crippen LogP contribution in [0.5, 0.6) is 0 Å². The molecule has 1 heterocycles. The largest absolute Gasteiger partial charge is 0.443 e. The molecule has 92 valence electrons. The lowest BCUT2D eigenvalue weighted by Gasteiger charge is -2.42. The minimum absolute atomic E-state index is 0.0609. The van der Waals surface area contributed by atoms with Crippen molar-refractivity contribution < 1.29 is 4.42 Å². The number of benzene rings is 1. The van der Waals surface area contributed by atoms with E-state index in [1.54, 1.807) is 0 Å². The molecule has 1 saturated carbocycles. The summed E-state index contributed by atoms with van der Waals surface area (Å²) in [6, 6.07) is 8.52. The van der Waals surface area contributed by atoms with E-state index in [9.17, 15) is 5.26 Å². The van der Waals surface area contributed by atoms with Crippen molar-refractivity contribution >= 4 is 11.1 Å². The van der Waals surface area contributed by atoms with E-state index in [1.165, 1.54) is 6.39 Å². The van der Waals surface area contributed by atoms with Gasteiger partial charge in [0, 0.05) is 0 Å². The first kappa shape index (κ1) is 11.2. The molecular weight excluding hydrogens is 226 g/mol. The molecule has 0 spiro atoms. The van der Waals surface area contributed by atoms with Crippen LogP contribution in [-0.4, -0.2) is 12.0 Å². The molecule has 4 nitrogen and oxygen atoms in total. The number of hydrogen-bond acceptors (Lipinski definition) is 4. The van der Waals surface area contributed by atoms with Gasteiger partial charge < -0.3 is 9.73 Å². The van der Waals surface area contributed by atoms with Crippen molar-refractivity contribution in [3.8, 4) is 6.07 Å². The zero-order chi connectivity index (χ0) is 12.6. The monoisotopic (exact) mass is 241 g/mol. The molecule has 1 fully saturated rings. The van der Waals surface area contributed by atoms with Crippen molar-refractivity contribution in [3.63, 3.8) is 0 Å². The Kier molecular flexibility index (Phi) is 2.57. The van der Waals surface area contributed by atoms with Crippen molar-refractivity contribution in [3.05, 3.63) is 30.2 Å². The lowest BCUT2D eigenvalue weighted by molar-refractivity contribution is 0.149. The van der Waals surface area contributed by atoms with Crippen LogP contribution in [0.3, 0.4) is 0 Å². The Morgan fingerprint density at radius 1 is 1.50 bits per heavy atom. The Morgan fingerprint density at radius 2 is 2.33 bits per heavy atom. The number of fused-ring (bicyclic) bond motifs is 1. The quantitative estimate of drug-likeness (QED) is 0.897. The van der Waals surface area contributed by atoms with E-state index in [4.69, 9.17) is 4.42 Å². The second kappa shape index (κ2) is 4.11. The summed E-state index contributed by atoms with van der Waals surface area (Å²) in [6.45, 7) is 0. The molecule has 3 rings (SSSR count). The van der Waals surface area contributed by atoms with Crippen LogP contribution in [0, 0.1) is 16.7 Å². The standard InChI is InChI=1S/C14H15N3O/c1-16-13(14(8-15)5-2-6-14)10-3-4-11-12(7-10)18-9-17-11/h3-4,7,9,13,16H,2,5-6H2,1H3. The highest BCUT2D eigenvalue weighted by Crippen LogP contribution is 2.49. The fourth-order valence-electron chi connectivity index (χ4n) is 2.84. The molecule has 4 heteroatoms. The lowest BCUT2D eigenvalue weighted by Crippen LogP contribution is -2.40. The van der Waals surface area contributed by atoms with E-state index in [2.05, 4.69) is 16.4 Å². The summed E-state index contributed by atoms with van der Waals surface area (Å²) in [7, 11) is 1.91. The van der Waals surface area contributed by atoms with Gasteiger partial charge in [-0.1, -0.05) is 12.5 Å². The topological polar surface area (TPSA) is 61.9 Å². The summed E-state index contributed by atoms with van der Waals surface area (Å²) >= 11 is 0. The SMILES string of the molecule is CNC(c1ccc2ncoc2c1)C1(C#N)CCC1. The van der Waals surface area contributed by atoms with Gasteiger partial charge in [0.15, 0.2) is 12.0 Å². The highest BCUT2D eigenvalue weighted by molar-refractivity contribution is 5.73. The maximum absolute atomic E-state index is 9.45. The van der Waals surface area contributed by atoms with E-state index in [0.29, 0.717) is 0 Å². The molecule has 1 atom stereocenters. The second-order valence-corrected chi connectivity index (χ2v) is 4.92. The minimum Gasteiger partial charge on any atom is -0.443 e. The molecule has 0 saturated heterocycles. The summed E-state index contributed by atoms with van der Waals surface area (Å²) in [5, 5.41) is 12.7. The third-order valence-electron chi connectivity index (χ3n) is 4.00. The molecule has 1 aromatic heterocycles. The molecule has 1 aliphatic carbocycles. The van der Waals surface area contributed by atoms with Crippen molar-refractivity contribution in [2.75, 3.05) is 7.05 Å². The van der Waals surface area contributed by atoms with E-state index >= 15 is 0 Å². The summed E-state index contributed by atoms with van der Waals surface area (Å²) in [4.78, 5) is 4.11. The van der Waals surface area contributed by atoms with Crippen LogP contribution >= 0.6 is 0 Å². The Labute approximate surface area is 106 Å². The summed E-state index contributed by atoms with van der Waals surface area (Å²) in [5.74, 6) is 0. The van der Waals surface area contributed by atoms with Crippen molar-refractivity contribution in [1.29, 1.82) is 5.26 Å². The fourth-order valence-corrected chi connectivity index (χ4v) is 2.84. The predicted octanol–water partition coefficient (Wildman–Crippen LogP) is 2.78. The molecule has 2 aromatic rings. The van der Waals surface area contributed by atoms with Crippen molar-refractivity contribution in [2.45, 2.75) is 25.3 Å². The molecule has 0 aliphatic heterocycles. The first-order chi connectivity index (χ1) is 8.79. The van der Waals surface area contributed by atoms with Crippen molar-refractivity contribution in [1.82, 2.24) is 10.3 Å². The van der Waals surface area contributed by atoms with Gasteiger partial charge in [0.2, 0.25) is 0 Å². The van der Waals surface area contributed by atoms with Gasteiger partial charge >= 0.3 is 0 Å². The van der Waals surface area contributed by atoms with Crippen LogP contribution in [0.1, 0.15) is 30.9 Å². The second-order valence-electron chi connectivity index (χ2n) is 4.92. The van der Waals surface area contributed by atoms with Crippen LogP contribution in [0.15, 0.2) is 29.0 Å². The van der Waals surface area contributed by atoms with Crippen LogP contribution in [0.4, 0.5) is 0 Å².